The van der Waals surface area contributed by atoms with Crippen LogP contribution >= 0.6 is 0 Å². The lowest BCUT2D eigenvalue weighted by Crippen LogP contribution is -2.45. The van der Waals surface area contributed by atoms with Gasteiger partial charge < -0.3 is 14.2 Å². The Balaban J connectivity index is 1.36. The fraction of sp³-hybridized carbons (Fsp3) is 0.417. The molecule has 1 saturated carbocycles. The van der Waals surface area contributed by atoms with E-state index >= 15 is 0 Å². The summed E-state index contributed by atoms with van der Waals surface area (Å²) in [6.07, 6.45) is 5.36. The Hall–Kier alpha value is -3.40. The van der Waals surface area contributed by atoms with Crippen molar-refractivity contribution in [3.63, 3.8) is 0 Å². The van der Waals surface area contributed by atoms with Crippen molar-refractivity contribution in [2.45, 2.75) is 38.2 Å². The van der Waals surface area contributed by atoms with Crippen molar-refractivity contribution in [1.29, 1.82) is 5.26 Å². The first-order chi connectivity index (χ1) is 15.0. The van der Waals surface area contributed by atoms with E-state index in [4.69, 9.17) is 4.74 Å². The lowest BCUT2D eigenvalue weighted by Gasteiger charge is -2.38. The third-order valence-electron chi connectivity index (χ3n) is 6.43. The summed E-state index contributed by atoms with van der Waals surface area (Å²) < 4.78 is 7.78. The van der Waals surface area contributed by atoms with E-state index in [-0.39, 0.29) is 17.6 Å². The second-order valence-corrected chi connectivity index (χ2v) is 8.68. The van der Waals surface area contributed by atoms with Crippen LogP contribution in [0.5, 0.6) is 5.88 Å². The number of nitriles is 1. The highest BCUT2D eigenvalue weighted by Crippen LogP contribution is 2.40. The molecule has 31 heavy (non-hydrogen) atoms. The summed E-state index contributed by atoms with van der Waals surface area (Å²) in [5.41, 5.74) is 3.77. The fourth-order valence-electron chi connectivity index (χ4n) is 4.41. The van der Waals surface area contributed by atoms with Crippen LogP contribution in [-0.2, 0) is 7.05 Å². The van der Waals surface area contributed by atoms with Gasteiger partial charge in [-0.15, -0.1) is 0 Å². The van der Waals surface area contributed by atoms with Crippen molar-refractivity contribution in [2.75, 3.05) is 18.0 Å². The molecule has 2 atom stereocenters. The number of hydrogen-bond acceptors (Lipinski definition) is 6. The van der Waals surface area contributed by atoms with E-state index in [1.165, 1.54) is 18.4 Å². The van der Waals surface area contributed by atoms with Crippen molar-refractivity contribution in [3.05, 3.63) is 58.1 Å². The molecule has 0 bridgehead atoms. The van der Waals surface area contributed by atoms with E-state index in [0.717, 1.165) is 30.7 Å². The Bertz CT molecular complexity index is 1220. The molecule has 7 nitrogen and oxygen atoms in total. The van der Waals surface area contributed by atoms with Gasteiger partial charge in [0.1, 0.15) is 23.4 Å². The number of aryl methyl sites for hydroxylation is 1. The normalized spacial score (nSPS) is 21.1. The number of piperidine rings is 1. The van der Waals surface area contributed by atoms with Crippen LogP contribution in [0.4, 0.5) is 5.69 Å². The van der Waals surface area contributed by atoms with E-state index in [2.05, 4.69) is 33.9 Å². The number of hydrogen-bond donors (Lipinski definition) is 0. The zero-order valence-corrected chi connectivity index (χ0v) is 17.8. The van der Waals surface area contributed by atoms with Gasteiger partial charge in [-0.3, -0.25) is 4.79 Å². The molecule has 0 aromatic carbocycles. The third kappa shape index (κ3) is 3.74. The number of fused-ring (bicyclic) bond motifs is 1. The minimum Gasteiger partial charge on any atom is -0.474 e. The molecule has 0 spiro atoms. The molecule has 1 aliphatic heterocycles. The van der Waals surface area contributed by atoms with Gasteiger partial charge in [0.15, 0.2) is 0 Å². The van der Waals surface area contributed by atoms with E-state index in [1.807, 2.05) is 12.3 Å². The van der Waals surface area contributed by atoms with Gasteiger partial charge in [0.05, 0.1) is 11.2 Å². The first kappa shape index (κ1) is 19.6. The first-order valence-electron chi connectivity index (χ1n) is 10.8. The number of ether oxygens (including phenoxy) is 1. The Labute approximate surface area is 180 Å². The number of rotatable bonds is 4. The van der Waals surface area contributed by atoms with E-state index in [9.17, 15) is 10.1 Å². The summed E-state index contributed by atoms with van der Waals surface area (Å²) in [5, 5.41) is 9.27. The minimum atomic E-state index is -0.0833. The number of pyridine rings is 3. The van der Waals surface area contributed by atoms with Gasteiger partial charge in [-0.25, -0.2) is 9.97 Å². The van der Waals surface area contributed by atoms with Crippen molar-refractivity contribution in [3.8, 4) is 11.9 Å². The zero-order chi connectivity index (χ0) is 21.5. The number of anilines is 1. The van der Waals surface area contributed by atoms with Gasteiger partial charge in [0.2, 0.25) is 5.88 Å². The topological polar surface area (TPSA) is 84.0 Å². The summed E-state index contributed by atoms with van der Waals surface area (Å²) in [5.74, 6) is 1.61. The predicted molar refractivity (Wildman–Crippen MR) is 118 cm³/mol. The van der Waals surface area contributed by atoms with Crippen LogP contribution in [0.1, 0.15) is 43.4 Å². The summed E-state index contributed by atoms with van der Waals surface area (Å²) in [7, 11) is 1.73. The Kier molecular flexibility index (Phi) is 4.85. The predicted octanol–water partition coefficient (Wildman–Crippen LogP) is 3.37. The summed E-state index contributed by atoms with van der Waals surface area (Å²) in [6, 6.07) is 11.3. The largest absolute Gasteiger partial charge is 0.474 e. The van der Waals surface area contributed by atoms with Crippen LogP contribution < -0.4 is 15.2 Å². The van der Waals surface area contributed by atoms with Crippen molar-refractivity contribution >= 4 is 16.7 Å². The lowest BCUT2D eigenvalue weighted by molar-refractivity contribution is 0.116. The molecule has 3 aromatic rings. The van der Waals surface area contributed by atoms with Crippen LogP contribution in [0, 0.1) is 17.2 Å². The van der Waals surface area contributed by atoms with Gasteiger partial charge in [-0.05, 0) is 36.5 Å². The van der Waals surface area contributed by atoms with Crippen LogP contribution in [0.15, 0.2) is 41.3 Å². The average Bonchev–Trinajstić information content (AvgIpc) is 3.63. The molecule has 0 amide bonds. The highest BCUT2D eigenvalue weighted by molar-refractivity contribution is 5.88. The minimum absolute atomic E-state index is 0.0657. The third-order valence-corrected chi connectivity index (χ3v) is 6.43. The monoisotopic (exact) mass is 415 g/mol. The molecule has 2 fully saturated rings. The molecule has 3 aromatic heterocycles. The van der Waals surface area contributed by atoms with E-state index < -0.39 is 0 Å². The zero-order valence-electron chi connectivity index (χ0n) is 17.8. The molecular weight excluding hydrogens is 390 g/mol. The second-order valence-electron chi connectivity index (χ2n) is 8.68. The molecule has 0 radical (unpaired) electrons. The number of nitrogens with zero attached hydrogens (tertiary/aromatic N) is 5. The molecule has 158 valence electrons. The lowest BCUT2D eigenvalue weighted by atomic mass is 9.96. The van der Waals surface area contributed by atoms with Gasteiger partial charge >= 0.3 is 0 Å². The quantitative estimate of drug-likeness (QED) is 0.650. The molecule has 1 aliphatic carbocycles. The number of aromatic nitrogens is 3. The SMILES string of the molecule is C[C@@H]1CN(c2cc(=O)n(C)c3ccc(C#N)nc23)CC[C@@H]1Oc1ccc(C2CC2)cn1. The first-order valence-corrected chi connectivity index (χ1v) is 10.8. The van der Waals surface area contributed by atoms with Crippen molar-refractivity contribution in [1.82, 2.24) is 14.5 Å². The molecule has 7 heteroatoms. The average molecular weight is 415 g/mol. The maximum Gasteiger partial charge on any atom is 0.252 e. The van der Waals surface area contributed by atoms with Crippen LogP contribution in [0.2, 0.25) is 0 Å². The second kappa shape index (κ2) is 7.69. The Morgan fingerprint density at radius 1 is 1.19 bits per heavy atom. The highest BCUT2D eigenvalue weighted by Gasteiger charge is 2.30. The summed E-state index contributed by atoms with van der Waals surface area (Å²) in [6.45, 7) is 3.65. The van der Waals surface area contributed by atoms with Crippen LogP contribution in [0.3, 0.4) is 0 Å². The smallest absolute Gasteiger partial charge is 0.252 e. The maximum absolute atomic E-state index is 12.5. The molecule has 0 N–H and O–H groups in total. The van der Waals surface area contributed by atoms with E-state index in [1.54, 1.807) is 29.8 Å². The van der Waals surface area contributed by atoms with Gasteiger partial charge in [-0.1, -0.05) is 13.0 Å². The molecule has 5 rings (SSSR count). The molecule has 4 heterocycles. The summed E-state index contributed by atoms with van der Waals surface area (Å²) in [4.78, 5) is 23.7. The van der Waals surface area contributed by atoms with Gasteiger partial charge in [-0.2, -0.15) is 5.26 Å². The highest BCUT2D eigenvalue weighted by atomic mass is 16.5. The Morgan fingerprint density at radius 3 is 2.71 bits per heavy atom. The van der Waals surface area contributed by atoms with Gasteiger partial charge in [0, 0.05) is 50.8 Å². The van der Waals surface area contributed by atoms with Crippen LogP contribution in [0.25, 0.3) is 11.0 Å². The maximum atomic E-state index is 12.5. The standard InChI is InChI=1S/C24H25N5O2/c1-15-14-29(10-9-21(15)31-22-8-5-17(13-26-22)16-3-4-16)20-11-23(30)28(2)19-7-6-18(12-25)27-24(19)20/h5-8,11,13,15-16,21H,3-4,9-10,14H2,1-2H3/t15-,21+/m1/s1. The molecule has 0 unspecified atom stereocenters. The van der Waals surface area contributed by atoms with Crippen molar-refractivity contribution < 1.29 is 4.74 Å². The molecule has 1 saturated heterocycles. The molecular formula is C24H25N5O2. The van der Waals surface area contributed by atoms with E-state index in [0.29, 0.717) is 23.0 Å². The fourth-order valence-corrected chi connectivity index (χ4v) is 4.41. The Morgan fingerprint density at radius 2 is 2.03 bits per heavy atom. The molecule has 2 aliphatic rings. The van der Waals surface area contributed by atoms with Crippen LogP contribution in [-0.4, -0.2) is 33.7 Å². The summed E-state index contributed by atoms with van der Waals surface area (Å²) >= 11 is 0. The van der Waals surface area contributed by atoms with Crippen molar-refractivity contribution in [2.24, 2.45) is 13.0 Å². The van der Waals surface area contributed by atoms with Gasteiger partial charge in [0.25, 0.3) is 5.56 Å².